The maximum atomic E-state index is 2.48. The highest BCUT2D eigenvalue weighted by Crippen LogP contribution is 2.27. The van der Waals surface area contributed by atoms with E-state index in [-0.39, 0.29) is 0 Å². The molecule has 0 N–H and O–H groups in total. The minimum atomic E-state index is 1.12. The van der Waals surface area contributed by atoms with Crippen LogP contribution in [0.4, 0.5) is 5.69 Å². The van der Waals surface area contributed by atoms with Crippen LogP contribution in [0.5, 0.6) is 0 Å². The standard InChI is InChI=1S/C20H26N2/c1-15-13-19(14-16(2)17(15)3)18-5-7-20(8-6-18)22-11-9-21(4)10-12-22/h5-8,13-14H,9-12H2,1-4H3. The molecular weight excluding hydrogens is 268 g/mol. The maximum absolute atomic E-state index is 2.48. The second-order valence-electron chi connectivity index (χ2n) is 6.57. The Morgan fingerprint density at radius 2 is 1.27 bits per heavy atom. The number of benzene rings is 2. The summed E-state index contributed by atoms with van der Waals surface area (Å²) in [5, 5.41) is 0. The van der Waals surface area contributed by atoms with E-state index in [2.05, 4.69) is 74.0 Å². The first-order valence-electron chi connectivity index (χ1n) is 8.16. The molecule has 3 rings (SSSR count). The van der Waals surface area contributed by atoms with E-state index in [1.54, 1.807) is 0 Å². The summed E-state index contributed by atoms with van der Waals surface area (Å²) < 4.78 is 0. The monoisotopic (exact) mass is 294 g/mol. The lowest BCUT2D eigenvalue weighted by Crippen LogP contribution is -2.44. The molecule has 0 bridgehead atoms. The molecule has 0 amide bonds. The minimum absolute atomic E-state index is 1.12. The second-order valence-corrected chi connectivity index (χ2v) is 6.57. The molecule has 1 aliphatic rings. The number of anilines is 1. The predicted molar refractivity (Wildman–Crippen MR) is 95.8 cm³/mol. The van der Waals surface area contributed by atoms with Crippen LogP contribution in [0.15, 0.2) is 36.4 Å². The van der Waals surface area contributed by atoms with E-state index in [0.717, 1.165) is 26.2 Å². The van der Waals surface area contributed by atoms with Gasteiger partial charge in [-0.1, -0.05) is 24.3 Å². The second kappa shape index (κ2) is 6.13. The van der Waals surface area contributed by atoms with Crippen molar-refractivity contribution in [2.75, 3.05) is 38.1 Å². The van der Waals surface area contributed by atoms with Crippen molar-refractivity contribution in [3.05, 3.63) is 53.1 Å². The third-order valence-electron chi connectivity index (χ3n) is 5.00. The van der Waals surface area contributed by atoms with Crippen molar-refractivity contribution >= 4 is 5.69 Å². The van der Waals surface area contributed by atoms with Crippen LogP contribution >= 0.6 is 0 Å². The van der Waals surface area contributed by atoms with Crippen LogP contribution < -0.4 is 4.90 Å². The highest BCUT2D eigenvalue weighted by molar-refractivity contribution is 5.68. The first-order valence-corrected chi connectivity index (χ1v) is 8.16. The molecule has 0 unspecified atom stereocenters. The molecule has 2 heteroatoms. The van der Waals surface area contributed by atoms with Gasteiger partial charge in [0.15, 0.2) is 0 Å². The molecule has 0 saturated carbocycles. The number of nitrogens with zero attached hydrogens (tertiary/aromatic N) is 2. The Balaban J connectivity index is 1.82. The van der Waals surface area contributed by atoms with E-state index in [9.17, 15) is 0 Å². The third-order valence-corrected chi connectivity index (χ3v) is 5.00. The zero-order chi connectivity index (χ0) is 15.7. The van der Waals surface area contributed by atoms with E-state index < -0.39 is 0 Å². The zero-order valence-electron chi connectivity index (χ0n) is 14.2. The molecule has 1 saturated heterocycles. The summed E-state index contributed by atoms with van der Waals surface area (Å²) >= 11 is 0. The predicted octanol–water partition coefficient (Wildman–Crippen LogP) is 4.03. The van der Waals surface area contributed by atoms with Crippen molar-refractivity contribution in [3.63, 3.8) is 0 Å². The normalized spacial score (nSPS) is 16.1. The largest absolute Gasteiger partial charge is 0.369 e. The van der Waals surface area contributed by atoms with Gasteiger partial charge in [0, 0.05) is 31.9 Å². The minimum Gasteiger partial charge on any atom is -0.369 e. The highest BCUT2D eigenvalue weighted by Gasteiger charge is 2.14. The Labute approximate surface area is 134 Å². The van der Waals surface area contributed by atoms with E-state index in [4.69, 9.17) is 0 Å². The quantitative estimate of drug-likeness (QED) is 0.825. The Hall–Kier alpha value is -1.80. The van der Waals surface area contributed by atoms with Crippen molar-refractivity contribution in [1.29, 1.82) is 0 Å². The van der Waals surface area contributed by atoms with Crippen LogP contribution in [0.3, 0.4) is 0 Å². The topological polar surface area (TPSA) is 6.48 Å². The van der Waals surface area contributed by atoms with E-state index in [1.165, 1.54) is 33.5 Å². The number of hydrogen-bond donors (Lipinski definition) is 0. The summed E-state index contributed by atoms with van der Waals surface area (Å²) in [5.41, 5.74) is 8.13. The van der Waals surface area contributed by atoms with Crippen LogP contribution in [-0.2, 0) is 0 Å². The maximum Gasteiger partial charge on any atom is 0.0367 e. The summed E-state index contributed by atoms with van der Waals surface area (Å²) in [6, 6.07) is 13.7. The van der Waals surface area contributed by atoms with Gasteiger partial charge in [-0.2, -0.15) is 0 Å². The van der Waals surface area contributed by atoms with Crippen LogP contribution in [0.2, 0.25) is 0 Å². The fourth-order valence-electron chi connectivity index (χ4n) is 3.13. The first-order chi connectivity index (χ1) is 10.5. The van der Waals surface area contributed by atoms with Gasteiger partial charge >= 0.3 is 0 Å². The van der Waals surface area contributed by atoms with Crippen LogP contribution in [-0.4, -0.2) is 38.1 Å². The number of likely N-dealkylation sites (N-methyl/N-ethyl adjacent to an activating group) is 1. The summed E-state index contributed by atoms with van der Waals surface area (Å²) in [6.07, 6.45) is 0. The van der Waals surface area contributed by atoms with Gasteiger partial charge < -0.3 is 9.80 Å². The Morgan fingerprint density at radius 3 is 1.82 bits per heavy atom. The van der Waals surface area contributed by atoms with Crippen LogP contribution in [0.25, 0.3) is 11.1 Å². The fraction of sp³-hybridized carbons (Fsp3) is 0.400. The van der Waals surface area contributed by atoms with Gasteiger partial charge in [0.05, 0.1) is 0 Å². The number of aryl methyl sites for hydroxylation is 2. The average molecular weight is 294 g/mol. The van der Waals surface area contributed by atoms with Gasteiger partial charge in [0.1, 0.15) is 0 Å². The molecule has 1 heterocycles. The molecule has 2 aromatic rings. The molecule has 1 aliphatic heterocycles. The van der Waals surface area contributed by atoms with Gasteiger partial charge in [-0.15, -0.1) is 0 Å². The molecule has 2 nitrogen and oxygen atoms in total. The molecule has 0 aliphatic carbocycles. The Bertz CT molecular complexity index is 627. The average Bonchev–Trinajstić information content (AvgIpc) is 2.53. The summed E-state index contributed by atoms with van der Waals surface area (Å²) in [6.45, 7) is 11.1. The molecule has 0 spiro atoms. The number of piperazine rings is 1. The van der Waals surface area contributed by atoms with Gasteiger partial charge in [-0.25, -0.2) is 0 Å². The Kier molecular flexibility index (Phi) is 4.21. The zero-order valence-corrected chi connectivity index (χ0v) is 14.2. The molecule has 116 valence electrons. The number of rotatable bonds is 2. The van der Waals surface area contributed by atoms with Gasteiger partial charge in [0.25, 0.3) is 0 Å². The molecule has 0 aromatic heterocycles. The lowest BCUT2D eigenvalue weighted by atomic mass is 9.96. The highest BCUT2D eigenvalue weighted by atomic mass is 15.2. The number of hydrogen-bond acceptors (Lipinski definition) is 2. The molecule has 0 radical (unpaired) electrons. The molecule has 22 heavy (non-hydrogen) atoms. The lowest BCUT2D eigenvalue weighted by molar-refractivity contribution is 0.313. The Morgan fingerprint density at radius 1 is 0.727 bits per heavy atom. The summed E-state index contributed by atoms with van der Waals surface area (Å²) in [7, 11) is 2.20. The molecule has 1 fully saturated rings. The summed E-state index contributed by atoms with van der Waals surface area (Å²) in [5.74, 6) is 0. The van der Waals surface area contributed by atoms with Crippen molar-refractivity contribution in [2.24, 2.45) is 0 Å². The SMILES string of the molecule is Cc1cc(-c2ccc(N3CCN(C)CC3)cc2)cc(C)c1C. The van der Waals surface area contributed by atoms with Crippen molar-refractivity contribution in [3.8, 4) is 11.1 Å². The first kappa shape index (κ1) is 15.1. The van der Waals surface area contributed by atoms with Gasteiger partial charge in [-0.05, 0) is 67.8 Å². The smallest absolute Gasteiger partial charge is 0.0367 e. The lowest BCUT2D eigenvalue weighted by Gasteiger charge is -2.34. The third kappa shape index (κ3) is 3.02. The van der Waals surface area contributed by atoms with Gasteiger partial charge in [-0.3, -0.25) is 0 Å². The van der Waals surface area contributed by atoms with Crippen molar-refractivity contribution in [1.82, 2.24) is 4.90 Å². The fourth-order valence-corrected chi connectivity index (χ4v) is 3.13. The molecule has 0 atom stereocenters. The van der Waals surface area contributed by atoms with E-state index in [1.807, 2.05) is 0 Å². The van der Waals surface area contributed by atoms with E-state index >= 15 is 0 Å². The molecule has 2 aromatic carbocycles. The molecular formula is C20H26N2. The summed E-state index contributed by atoms with van der Waals surface area (Å²) in [4.78, 5) is 4.87. The van der Waals surface area contributed by atoms with Crippen molar-refractivity contribution < 1.29 is 0 Å². The van der Waals surface area contributed by atoms with Crippen molar-refractivity contribution in [2.45, 2.75) is 20.8 Å². The van der Waals surface area contributed by atoms with Crippen LogP contribution in [0, 0.1) is 20.8 Å². The van der Waals surface area contributed by atoms with Crippen LogP contribution in [0.1, 0.15) is 16.7 Å². The van der Waals surface area contributed by atoms with E-state index in [0.29, 0.717) is 0 Å². The van der Waals surface area contributed by atoms with Gasteiger partial charge in [0.2, 0.25) is 0 Å².